The molecule has 0 amide bonds. The number of ether oxygens (including phenoxy) is 1. The number of methoxy groups -OCH3 is 1. The third-order valence-electron chi connectivity index (χ3n) is 2.03. The molecule has 1 atom stereocenters. The van der Waals surface area contributed by atoms with Crippen molar-refractivity contribution in [1.29, 1.82) is 0 Å². The second kappa shape index (κ2) is 6.00. The molecule has 12 heavy (non-hydrogen) atoms. The summed E-state index contributed by atoms with van der Waals surface area (Å²) < 4.78 is 4.60. The van der Waals surface area contributed by atoms with Gasteiger partial charge < -0.3 is 10.1 Å². The minimum Gasteiger partial charge on any atom is -0.468 e. The van der Waals surface area contributed by atoms with E-state index in [1.54, 1.807) is 0 Å². The zero-order chi connectivity index (χ0) is 9.56. The zero-order valence-electron chi connectivity index (χ0n) is 8.39. The average molecular weight is 173 g/mol. The molecule has 1 unspecified atom stereocenters. The van der Waals surface area contributed by atoms with Gasteiger partial charge >= 0.3 is 5.97 Å². The van der Waals surface area contributed by atoms with Crippen LogP contribution in [0.3, 0.4) is 0 Å². The number of hydrogen-bond donors (Lipinski definition) is 1. The summed E-state index contributed by atoms with van der Waals surface area (Å²) >= 11 is 0. The van der Waals surface area contributed by atoms with Gasteiger partial charge in [0, 0.05) is 6.04 Å². The predicted molar refractivity (Wildman–Crippen MR) is 49.0 cm³/mol. The predicted octanol–water partition coefficient (Wildman–Crippen LogP) is 1.33. The maximum atomic E-state index is 11.0. The second-order valence-corrected chi connectivity index (χ2v) is 2.92. The summed E-state index contributed by atoms with van der Waals surface area (Å²) in [6, 6.07) is 0.221. The number of esters is 1. The molecule has 0 radical (unpaired) electrons. The minimum atomic E-state index is -0.195. The van der Waals surface area contributed by atoms with Crippen molar-refractivity contribution in [3.05, 3.63) is 0 Å². The summed E-state index contributed by atoms with van der Waals surface area (Å²) in [5, 5.41) is 3.19. The highest BCUT2D eigenvalue weighted by atomic mass is 16.5. The van der Waals surface area contributed by atoms with E-state index in [2.05, 4.69) is 23.9 Å². The Labute approximate surface area is 74.5 Å². The van der Waals surface area contributed by atoms with Crippen LogP contribution in [0.5, 0.6) is 0 Å². The molecule has 0 aromatic heterocycles. The van der Waals surface area contributed by atoms with Gasteiger partial charge in [0.15, 0.2) is 0 Å². The van der Waals surface area contributed by atoms with Gasteiger partial charge in [0.2, 0.25) is 0 Å². The van der Waals surface area contributed by atoms with E-state index in [1.165, 1.54) is 7.11 Å². The van der Waals surface area contributed by atoms with Crippen LogP contribution in [0.2, 0.25) is 0 Å². The SMILES string of the molecule is CCC(CC)NC(C)C(=O)OC. The Hall–Kier alpha value is -0.570. The van der Waals surface area contributed by atoms with Crippen molar-refractivity contribution < 1.29 is 9.53 Å². The van der Waals surface area contributed by atoms with E-state index >= 15 is 0 Å². The summed E-state index contributed by atoms with van der Waals surface area (Å²) in [5.74, 6) is -0.193. The van der Waals surface area contributed by atoms with Gasteiger partial charge in [0.25, 0.3) is 0 Å². The van der Waals surface area contributed by atoms with E-state index in [0.717, 1.165) is 12.8 Å². The van der Waals surface area contributed by atoms with Gasteiger partial charge in [-0.3, -0.25) is 4.79 Å². The molecular formula is C9H19NO2. The molecule has 72 valence electrons. The van der Waals surface area contributed by atoms with E-state index in [-0.39, 0.29) is 12.0 Å². The fourth-order valence-electron chi connectivity index (χ4n) is 1.12. The van der Waals surface area contributed by atoms with E-state index < -0.39 is 0 Å². The number of carbonyl (C=O) groups is 1. The maximum absolute atomic E-state index is 11.0. The van der Waals surface area contributed by atoms with Gasteiger partial charge in [0.05, 0.1) is 7.11 Å². The Morgan fingerprint density at radius 1 is 1.42 bits per heavy atom. The topological polar surface area (TPSA) is 38.3 Å². The van der Waals surface area contributed by atoms with Gasteiger partial charge in [-0.25, -0.2) is 0 Å². The molecule has 0 spiro atoms. The van der Waals surface area contributed by atoms with Gasteiger partial charge in [-0.15, -0.1) is 0 Å². The fraction of sp³-hybridized carbons (Fsp3) is 0.889. The highest BCUT2D eigenvalue weighted by Crippen LogP contribution is 1.98. The molecular weight excluding hydrogens is 154 g/mol. The lowest BCUT2D eigenvalue weighted by Gasteiger charge is -2.18. The molecule has 0 aliphatic carbocycles. The second-order valence-electron chi connectivity index (χ2n) is 2.92. The zero-order valence-corrected chi connectivity index (χ0v) is 8.39. The normalized spacial score (nSPS) is 13.1. The number of rotatable bonds is 5. The molecule has 1 N–H and O–H groups in total. The molecule has 0 heterocycles. The molecule has 0 fully saturated rings. The lowest BCUT2D eigenvalue weighted by molar-refractivity contribution is -0.142. The van der Waals surface area contributed by atoms with Crippen LogP contribution in [-0.4, -0.2) is 25.2 Å². The van der Waals surface area contributed by atoms with Crippen molar-refractivity contribution in [2.24, 2.45) is 0 Å². The molecule has 0 aliphatic rings. The molecule has 0 aromatic carbocycles. The lowest BCUT2D eigenvalue weighted by Crippen LogP contribution is -2.41. The lowest BCUT2D eigenvalue weighted by atomic mass is 10.1. The monoisotopic (exact) mass is 173 g/mol. The Bertz CT molecular complexity index is 132. The van der Waals surface area contributed by atoms with Crippen LogP contribution in [0, 0.1) is 0 Å². The van der Waals surface area contributed by atoms with Crippen LogP contribution >= 0.6 is 0 Å². The van der Waals surface area contributed by atoms with Gasteiger partial charge in [0.1, 0.15) is 6.04 Å². The van der Waals surface area contributed by atoms with Crippen molar-refractivity contribution in [2.75, 3.05) is 7.11 Å². The van der Waals surface area contributed by atoms with E-state index in [0.29, 0.717) is 6.04 Å². The van der Waals surface area contributed by atoms with Crippen molar-refractivity contribution in [2.45, 2.75) is 45.7 Å². The van der Waals surface area contributed by atoms with E-state index in [4.69, 9.17) is 0 Å². The van der Waals surface area contributed by atoms with Gasteiger partial charge in [-0.05, 0) is 19.8 Å². The molecule has 0 aliphatic heterocycles. The van der Waals surface area contributed by atoms with Crippen molar-refractivity contribution in [1.82, 2.24) is 5.32 Å². The fourth-order valence-corrected chi connectivity index (χ4v) is 1.12. The van der Waals surface area contributed by atoms with Crippen LogP contribution in [0.4, 0.5) is 0 Å². The molecule has 0 aromatic rings. The summed E-state index contributed by atoms with van der Waals surface area (Å²) in [4.78, 5) is 11.0. The Morgan fingerprint density at radius 2 is 1.92 bits per heavy atom. The molecule has 0 rings (SSSR count). The van der Waals surface area contributed by atoms with Crippen LogP contribution in [0.1, 0.15) is 33.6 Å². The Balaban J connectivity index is 3.80. The van der Waals surface area contributed by atoms with Crippen LogP contribution in [0.15, 0.2) is 0 Å². The smallest absolute Gasteiger partial charge is 0.322 e. The quantitative estimate of drug-likeness (QED) is 0.637. The van der Waals surface area contributed by atoms with Crippen molar-refractivity contribution in [3.63, 3.8) is 0 Å². The number of nitrogens with one attached hydrogen (secondary N) is 1. The summed E-state index contributed by atoms with van der Waals surface area (Å²) in [6.45, 7) is 6.03. The largest absolute Gasteiger partial charge is 0.468 e. The van der Waals surface area contributed by atoms with Crippen molar-refractivity contribution in [3.8, 4) is 0 Å². The summed E-state index contributed by atoms with van der Waals surface area (Å²) in [6.07, 6.45) is 2.08. The third kappa shape index (κ3) is 3.72. The maximum Gasteiger partial charge on any atom is 0.322 e. The highest BCUT2D eigenvalue weighted by Gasteiger charge is 2.15. The molecule has 3 nitrogen and oxygen atoms in total. The Kier molecular flexibility index (Phi) is 5.72. The van der Waals surface area contributed by atoms with E-state index in [9.17, 15) is 4.79 Å². The highest BCUT2D eigenvalue weighted by molar-refractivity contribution is 5.75. The molecule has 0 bridgehead atoms. The molecule has 0 saturated carbocycles. The number of carbonyl (C=O) groups excluding carboxylic acids is 1. The first-order valence-corrected chi connectivity index (χ1v) is 4.49. The summed E-state index contributed by atoms with van der Waals surface area (Å²) in [7, 11) is 1.41. The third-order valence-corrected chi connectivity index (χ3v) is 2.03. The number of hydrogen-bond acceptors (Lipinski definition) is 3. The van der Waals surface area contributed by atoms with Crippen LogP contribution in [-0.2, 0) is 9.53 Å². The van der Waals surface area contributed by atoms with Gasteiger partial charge in [-0.1, -0.05) is 13.8 Å². The Morgan fingerprint density at radius 3 is 2.25 bits per heavy atom. The molecule has 3 heteroatoms. The first kappa shape index (κ1) is 11.4. The standard InChI is InChI=1S/C9H19NO2/c1-5-8(6-2)10-7(3)9(11)12-4/h7-8,10H,5-6H2,1-4H3. The first-order valence-electron chi connectivity index (χ1n) is 4.49. The molecule has 0 saturated heterocycles. The van der Waals surface area contributed by atoms with E-state index in [1.807, 2.05) is 6.92 Å². The van der Waals surface area contributed by atoms with Crippen LogP contribution in [0.25, 0.3) is 0 Å². The minimum absolute atomic E-state index is 0.193. The van der Waals surface area contributed by atoms with Crippen molar-refractivity contribution >= 4 is 5.97 Å². The first-order chi connectivity index (χ1) is 5.65. The van der Waals surface area contributed by atoms with Crippen LogP contribution < -0.4 is 5.32 Å². The summed E-state index contributed by atoms with van der Waals surface area (Å²) in [5.41, 5.74) is 0. The average Bonchev–Trinajstić information content (AvgIpc) is 2.12. The van der Waals surface area contributed by atoms with Gasteiger partial charge in [-0.2, -0.15) is 0 Å².